The number of benzene rings is 1. The Balaban J connectivity index is 1.18. The number of nitrogens with zero attached hydrogens (tertiary/aromatic N) is 3. The maximum atomic E-state index is 5.82. The van der Waals surface area contributed by atoms with Gasteiger partial charge in [-0.2, -0.15) is 0 Å². The van der Waals surface area contributed by atoms with Crippen molar-refractivity contribution in [1.29, 1.82) is 0 Å². The minimum atomic E-state index is 0.936. The fraction of sp³-hybridized carbons (Fsp3) is 0.400. The number of ether oxygens (including phenoxy) is 1. The van der Waals surface area contributed by atoms with E-state index in [4.69, 9.17) is 4.74 Å². The molecule has 4 nitrogen and oxygen atoms in total. The van der Waals surface area contributed by atoms with E-state index in [-0.39, 0.29) is 0 Å². The van der Waals surface area contributed by atoms with Crippen LogP contribution in [0.1, 0.15) is 43.9 Å². The molecule has 2 aliphatic rings. The summed E-state index contributed by atoms with van der Waals surface area (Å²) in [7, 11) is 0. The van der Waals surface area contributed by atoms with Crippen LogP contribution in [0, 0.1) is 0 Å². The summed E-state index contributed by atoms with van der Waals surface area (Å²) in [5, 5.41) is 0. The van der Waals surface area contributed by atoms with Gasteiger partial charge in [0.05, 0.1) is 5.69 Å². The summed E-state index contributed by atoms with van der Waals surface area (Å²) in [6.45, 7) is 7.55. The van der Waals surface area contributed by atoms with Crippen molar-refractivity contribution < 1.29 is 4.74 Å². The summed E-state index contributed by atoms with van der Waals surface area (Å²) in [5.74, 6) is 0.984. The summed E-state index contributed by atoms with van der Waals surface area (Å²) in [5.41, 5.74) is 5.01. The molecule has 1 aromatic carbocycles. The second-order valence-corrected chi connectivity index (χ2v) is 7.96. The van der Waals surface area contributed by atoms with E-state index in [0.29, 0.717) is 0 Å². The molecule has 0 aliphatic carbocycles. The molecule has 2 aromatic rings. The molecule has 152 valence electrons. The van der Waals surface area contributed by atoms with Crippen molar-refractivity contribution in [1.82, 2.24) is 14.8 Å². The Kier molecular flexibility index (Phi) is 6.63. The van der Waals surface area contributed by atoms with Gasteiger partial charge in [-0.25, -0.2) is 0 Å². The number of hydrogen-bond acceptors (Lipinski definition) is 4. The molecule has 0 saturated carbocycles. The molecule has 0 N–H and O–H groups in total. The van der Waals surface area contributed by atoms with Crippen LogP contribution in [0.3, 0.4) is 0 Å². The monoisotopic (exact) mass is 389 g/mol. The minimum Gasteiger partial charge on any atom is -0.463 e. The number of allylic oxidation sites excluding steroid dienone is 1. The first-order valence-electron chi connectivity index (χ1n) is 10.8. The number of aromatic nitrogens is 1. The maximum absolute atomic E-state index is 5.82. The Bertz CT molecular complexity index is 859. The lowest BCUT2D eigenvalue weighted by molar-refractivity contribution is 0.284. The van der Waals surface area contributed by atoms with E-state index in [0.717, 1.165) is 44.0 Å². The van der Waals surface area contributed by atoms with Gasteiger partial charge < -0.3 is 9.64 Å². The smallest absolute Gasteiger partial charge is 0.131 e. The van der Waals surface area contributed by atoms with Gasteiger partial charge >= 0.3 is 0 Å². The van der Waals surface area contributed by atoms with Crippen LogP contribution in [0.25, 0.3) is 5.57 Å². The van der Waals surface area contributed by atoms with Gasteiger partial charge in [-0.3, -0.25) is 9.88 Å². The van der Waals surface area contributed by atoms with Crippen LogP contribution < -0.4 is 4.74 Å². The minimum absolute atomic E-state index is 0.936. The van der Waals surface area contributed by atoms with Crippen molar-refractivity contribution in [3.63, 3.8) is 0 Å². The van der Waals surface area contributed by atoms with Crippen molar-refractivity contribution in [2.45, 2.75) is 39.2 Å². The van der Waals surface area contributed by atoms with Crippen molar-refractivity contribution in [2.75, 3.05) is 26.2 Å². The van der Waals surface area contributed by atoms with Crippen molar-refractivity contribution in [3.8, 4) is 5.75 Å². The molecule has 1 aromatic heterocycles. The summed E-state index contributed by atoms with van der Waals surface area (Å²) >= 11 is 0. The van der Waals surface area contributed by atoms with Gasteiger partial charge in [0.25, 0.3) is 0 Å². The molecule has 29 heavy (non-hydrogen) atoms. The second kappa shape index (κ2) is 9.75. The summed E-state index contributed by atoms with van der Waals surface area (Å²) in [6, 6.07) is 14.5. The van der Waals surface area contributed by atoms with Crippen molar-refractivity contribution in [3.05, 3.63) is 78.0 Å². The molecule has 3 heterocycles. The van der Waals surface area contributed by atoms with Gasteiger partial charge in [0, 0.05) is 43.6 Å². The molecular weight excluding hydrogens is 358 g/mol. The normalized spacial score (nSPS) is 17.1. The fourth-order valence-corrected chi connectivity index (χ4v) is 4.07. The molecule has 0 radical (unpaired) electrons. The Labute approximate surface area is 174 Å². The quantitative estimate of drug-likeness (QED) is 0.616. The highest BCUT2D eigenvalue weighted by Crippen LogP contribution is 2.26. The van der Waals surface area contributed by atoms with Crippen LogP contribution in [0.15, 0.2) is 66.7 Å². The molecule has 4 heteroatoms. The van der Waals surface area contributed by atoms with E-state index in [2.05, 4.69) is 58.1 Å². The molecule has 0 saturated heterocycles. The molecular formula is C25H31N3O. The van der Waals surface area contributed by atoms with E-state index in [1.165, 1.54) is 42.6 Å². The van der Waals surface area contributed by atoms with Crippen LogP contribution in [-0.4, -0.2) is 41.0 Å². The molecule has 0 spiro atoms. The van der Waals surface area contributed by atoms with Gasteiger partial charge in [0.2, 0.25) is 0 Å². The zero-order chi connectivity index (χ0) is 19.9. The lowest BCUT2D eigenvalue weighted by Gasteiger charge is -2.26. The number of hydrogen-bond donors (Lipinski definition) is 0. The molecule has 0 fully saturated rings. The lowest BCUT2D eigenvalue weighted by atomic mass is 10.0. The third kappa shape index (κ3) is 5.27. The zero-order valence-corrected chi connectivity index (χ0v) is 17.4. The first-order valence-corrected chi connectivity index (χ1v) is 10.8. The molecule has 0 atom stereocenters. The topological polar surface area (TPSA) is 28.6 Å². The zero-order valence-electron chi connectivity index (χ0n) is 17.4. The molecule has 2 aliphatic heterocycles. The fourth-order valence-electron chi connectivity index (χ4n) is 4.07. The third-order valence-electron chi connectivity index (χ3n) is 5.88. The highest BCUT2D eigenvalue weighted by atomic mass is 16.5. The predicted octanol–water partition coefficient (Wildman–Crippen LogP) is 5.10. The Morgan fingerprint density at radius 3 is 2.69 bits per heavy atom. The second-order valence-electron chi connectivity index (χ2n) is 7.96. The molecule has 0 unspecified atom stereocenters. The van der Waals surface area contributed by atoms with Gasteiger partial charge in [0.1, 0.15) is 12.0 Å². The predicted molar refractivity (Wildman–Crippen MR) is 118 cm³/mol. The highest BCUT2D eigenvalue weighted by Gasteiger charge is 2.15. The van der Waals surface area contributed by atoms with Crippen LogP contribution in [-0.2, 0) is 6.54 Å². The first kappa shape index (κ1) is 19.7. The maximum Gasteiger partial charge on any atom is 0.131 e. The van der Waals surface area contributed by atoms with Crippen LogP contribution in [0.5, 0.6) is 5.75 Å². The number of para-hydroxylation sites is 1. The Morgan fingerprint density at radius 1 is 1.00 bits per heavy atom. The Morgan fingerprint density at radius 2 is 1.86 bits per heavy atom. The van der Waals surface area contributed by atoms with E-state index in [9.17, 15) is 0 Å². The highest BCUT2D eigenvalue weighted by molar-refractivity contribution is 5.63. The lowest BCUT2D eigenvalue weighted by Crippen LogP contribution is -2.29. The summed E-state index contributed by atoms with van der Waals surface area (Å²) in [6.07, 6.45) is 11.0. The number of fused-ring (bicyclic) bond motifs is 1. The van der Waals surface area contributed by atoms with E-state index < -0.39 is 0 Å². The van der Waals surface area contributed by atoms with Gasteiger partial charge in [-0.15, -0.1) is 0 Å². The van der Waals surface area contributed by atoms with Gasteiger partial charge in [0.15, 0.2) is 0 Å². The largest absolute Gasteiger partial charge is 0.463 e. The van der Waals surface area contributed by atoms with E-state index in [1.54, 1.807) is 0 Å². The number of rotatable bonds is 7. The Hall–Kier alpha value is -2.59. The van der Waals surface area contributed by atoms with E-state index >= 15 is 0 Å². The average molecular weight is 390 g/mol. The molecule has 4 rings (SSSR count). The third-order valence-corrected chi connectivity index (χ3v) is 5.88. The average Bonchev–Trinajstić information content (AvgIpc) is 2.93. The SMILES string of the molecule is CC1=COc2ccccc2CN1CCCCCN1CC=C(c2ccccn2)CC1. The number of unbranched alkanes of at least 4 members (excludes halogenated alkanes) is 2. The van der Waals surface area contributed by atoms with Gasteiger partial charge in [-0.05, 0) is 56.5 Å². The first-order chi connectivity index (χ1) is 14.3. The van der Waals surface area contributed by atoms with E-state index in [1.807, 2.05) is 24.6 Å². The van der Waals surface area contributed by atoms with Crippen molar-refractivity contribution >= 4 is 5.57 Å². The van der Waals surface area contributed by atoms with Crippen molar-refractivity contribution in [2.24, 2.45) is 0 Å². The van der Waals surface area contributed by atoms with Crippen LogP contribution in [0.4, 0.5) is 0 Å². The molecule has 0 amide bonds. The number of pyridine rings is 1. The summed E-state index contributed by atoms with van der Waals surface area (Å²) < 4.78 is 5.82. The van der Waals surface area contributed by atoms with Crippen LogP contribution >= 0.6 is 0 Å². The van der Waals surface area contributed by atoms with Crippen LogP contribution in [0.2, 0.25) is 0 Å². The standard InChI is InChI=1S/C25H31N3O/c1-21-20-29-25-11-4-3-9-23(25)19-28(21)16-8-2-7-15-27-17-12-22(13-18-27)24-10-5-6-14-26-24/h3-6,9-12,14,20H,2,7-8,13,15-19H2,1H3. The molecule has 0 bridgehead atoms. The summed E-state index contributed by atoms with van der Waals surface area (Å²) in [4.78, 5) is 9.48. The van der Waals surface area contributed by atoms with Gasteiger partial charge in [-0.1, -0.05) is 36.8 Å².